The van der Waals surface area contributed by atoms with Crippen molar-refractivity contribution < 1.29 is 9.53 Å². The van der Waals surface area contributed by atoms with Crippen molar-refractivity contribution in [3.8, 4) is 0 Å². The molecule has 0 radical (unpaired) electrons. The highest BCUT2D eigenvalue weighted by molar-refractivity contribution is 6.16. The summed E-state index contributed by atoms with van der Waals surface area (Å²) in [4.78, 5) is 33.3. The molecule has 2 N–H and O–H groups in total. The van der Waals surface area contributed by atoms with Gasteiger partial charge in [-0.3, -0.25) is 0 Å². The number of aliphatic imine (C=N–C) groups is 2. The number of hydrogen-bond acceptors (Lipinski definition) is 7. The third-order valence-electron chi connectivity index (χ3n) is 5.35. The van der Waals surface area contributed by atoms with Gasteiger partial charge in [-0.25, -0.2) is 19.8 Å². The van der Waals surface area contributed by atoms with Crippen LogP contribution in [0.5, 0.6) is 0 Å². The summed E-state index contributed by atoms with van der Waals surface area (Å²) in [6.45, 7) is 2.64. The first-order chi connectivity index (χ1) is 15.7. The molecule has 5 rings (SSSR count). The van der Waals surface area contributed by atoms with Gasteiger partial charge in [-0.05, 0) is 22.9 Å². The number of nitrogens with zero attached hydrogens (tertiary/aromatic N) is 6. The Morgan fingerprint density at radius 1 is 1.00 bits per heavy atom. The first-order valence-electron chi connectivity index (χ1n) is 10.3. The lowest BCUT2D eigenvalue weighted by Crippen LogP contribution is -2.49. The van der Waals surface area contributed by atoms with E-state index in [1.54, 1.807) is 24.7 Å². The maximum Gasteiger partial charge on any atom is 0.365 e. The van der Waals surface area contributed by atoms with Crippen molar-refractivity contribution in [2.24, 2.45) is 15.7 Å². The molecule has 3 heterocycles. The van der Waals surface area contributed by atoms with Gasteiger partial charge < -0.3 is 20.3 Å². The molecule has 1 aromatic heterocycles. The Morgan fingerprint density at radius 2 is 1.73 bits per heavy atom. The van der Waals surface area contributed by atoms with E-state index in [9.17, 15) is 4.79 Å². The second-order valence-corrected chi connectivity index (χ2v) is 7.39. The molecule has 9 nitrogen and oxygen atoms in total. The summed E-state index contributed by atoms with van der Waals surface area (Å²) in [5.74, 6) is 0.590. The summed E-state index contributed by atoms with van der Waals surface area (Å²) in [5, 5.41) is 2.06. The molecule has 2 aromatic carbocycles. The highest BCUT2D eigenvalue weighted by Crippen LogP contribution is 2.24. The number of esters is 1. The summed E-state index contributed by atoms with van der Waals surface area (Å²) in [5.41, 5.74) is 7.20. The average Bonchev–Trinajstić information content (AvgIpc) is 3.19. The van der Waals surface area contributed by atoms with Crippen LogP contribution in [-0.4, -0.2) is 63.8 Å². The Morgan fingerprint density at radius 3 is 2.52 bits per heavy atom. The molecule has 0 spiro atoms. The Labute approximate surface area is 196 Å². The van der Waals surface area contributed by atoms with E-state index in [0.29, 0.717) is 49.7 Å². The normalized spacial score (nSPS) is 17.7. The maximum atomic E-state index is 12.4. The van der Waals surface area contributed by atoms with Crippen LogP contribution in [-0.2, 0) is 9.53 Å². The second-order valence-electron chi connectivity index (χ2n) is 7.39. The summed E-state index contributed by atoms with van der Waals surface area (Å²) in [7, 11) is 0. The minimum atomic E-state index is -0.447. The van der Waals surface area contributed by atoms with Crippen molar-refractivity contribution in [2.45, 2.75) is 0 Å². The van der Waals surface area contributed by atoms with E-state index in [0.717, 1.165) is 16.3 Å². The number of guanidine groups is 1. The van der Waals surface area contributed by atoms with Gasteiger partial charge in [0.15, 0.2) is 11.7 Å². The SMILES string of the molecule is Cl.N/C(=N\c1ncccn1)N1CCN(C=C2N=C(c3cccc4ccccc34)OC2=O)CC1. The van der Waals surface area contributed by atoms with Crippen molar-refractivity contribution in [1.29, 1.82) is 0 Å². The number of piperazine rings is 1. The predicted octanol–water partition coefficient (Wildman–Crippen LogP) is 2.46. The third kappa shape index (κ3) is 4.78. The van der Waals surface area contributed by atoms with Crippen LogP contribution in [0.25, 0.3) is 10.8 Å². The molecule has 0 unspecified atom stereocenters. The van der Waals surface area contributed by atoms with Crippen LogP contribution in [0.3, 0.4) is 0 Å². The number of ether oxygens (including phenoxy) is 1. The Balaban J connectivity index is 0.00000259. The number of cyclic esters (lactones) is 1. The van der Waals surface area contributed by atoms with E-state index < -0.39 is 5.97 Å². The largest absolute Gasteiger partial charge is 0.402 e. The number of halogens is 1. The number of nitrogens with two attached hydrogens (primary N) is 1. The van der Waals surface area contributed by atoms with Gasteiger partial charge >= 0.3 is 5.97 Å². The number of aromatic nitrogens is 2. The lowest BCUT2D eigenvalue weighted by atomic mass is 10.0. The van der Waals surface area contributed by atoms with Crippen molar-refractivity contribution in [3.63, 3.8) is 0 Å². The summed E-state index contributed by atoms with van der Waals surface area (Å²) >= 11 is 0. The van der Waals surface area contributed by atoms with Gasteiger partial charge in [0, 0.05) is 50.3 Å². The summed E-state index contributed by atoms with van der Waals surface area (Å²) in [6, 6.07) is 15.5. The number of rotatable bonds is 3. The third-order valence-corrected chi connectivity index (χ3v) is 5.35. The van der Waals surface area contributed by atoms with E-state index in [1.165, 1.54) is 0 Å². The van der Waals surface area contributed by atoms with E-state index in [-0.39, 0.29) is 12.4 Å². The highest BCUT2D eigenvalue weighted by atomic mass is 35.5. The van der Waals surface area contributed by atoms with Crippen molar-refractivity contribution in [3.05, 3.63) is 78.4 Å². The van der Waals surface area contributed by atoms with E-state index in [2.05, 4.69) is 20.0 Å². The van der Waals surface area contributed by atoms with Crippen LogP contribution in [0, 0.1) is 0 Å². The Bertz CT molecular complexity index is 1250. The molecule has 10 heteroatoms. The van der Waals surface area contributed by atoms with Crippen molar-refractivity contribution in [1.82, 2.24) is 19.8 Å². The predicted molar refractivity (Wildman–Crippen MR) is 128 cm³/mol. The van der Waals surface area contributed by atoms with Gasteiger partial charge in [0.05, 0.1) is 0 Å². The fourth-order valence-electron chi connectivity index (χ4n) is 3.70. The lowest BCUT2D eigenvalue weighted by molar-refractivity contribution is -0.130. The van der Waals surface area contributed by atoms with Crippen molar-refractivity contribution >= 4 is 47.0 Å². The van der Waals surface area contributed by atoms with Crippen LogP contribution >= 0.6 is 12.4 Å². The fourth-order valence-corrected chi connectivity index (χ4v) is 3.70. The van der Waals surface area contributed by atoms with Gasteiger partial charge in [0.1, 0.15) is 0 Å². The van der Waals surface area contributed by atoms with Crippen LogP contribution in [0.4, 0.5) is 5.95 Å². The van der Waals surface area contributed by atoms with Crippen LogP contribution in [0.15, 0.2) is 82.8 Å². The topological polar surface area (TPSA) is 109 Å². The minimum Gasteiger partial charge on any atom is -0.402 e. The maximum absolute atomic E-state index is 12.4. The van der Waals surface area contributed by atoms with Gasteiger partial charge in [0.2, 0.25) is 5.90 Å². The number of fused-ring (bicyclic) bond motifs is 1. The molecule has 1 fully saturated rings. The second kappa shape index (κ2) is 9.66. The average molecular weight is 464 g/mol. The van der Waals surface area contributed by atoms with Gasteiger partial charge in [0.25, 0.3) is 5.95 Å². The van der Waals surface area contributed by atoms with Crippen molar-refractivity contribution in [2.75, 3.05) is 26.2 Å². The molecule has 3 aromatic rings. The molecule has 2 aliphatic heterocycles. The molecular weight excluding hydrogens is 442 g/mol. The van der Waals surface area contributed by atoms with Crippen LogP contribution in [0.1, 0.15) is 5.56 Å². The molecule has 2 aliphatic rings. The number of hydrogen-bond donors (Lipinski definition) is 1. The molecule has 1 saturated heterocycles. The van der Waals surface area contributed by atoms with E-state index in [4.69, 9.17) is 10.5 Å². The molecule has 0 atom stereocenters. The monoisotopic (exact) mass is 463 g/mol. The van der Waals surface area contributed by atoms with Crippen LogP contribution in [0.2, 0.25) is 0 Å². The van der Waals surface area contributed by atoms with Gasteiger partial charge in [-0.2, -0.15) is 4.99 Å². The van der Waals surface area contributed by atoms with E-state index >= 15 is 0 Å². The molecule has 0 amide bonds. The molecule has 33 heavy (non-hydrogen) atoms. The Hall–Kier alpha value is -3.98. The molecule has 0 bridgehead atoms. The number of benzene rings is 2. The molecule has 0 saturated carbocycles. The molecule has 168 valence electrons. The molecule has 0 aliphatic carbocycles. The standard InChI is InChI=1S/C23H21N7O2.ClH/c24-22(28-23-25-9-4-10-26-23)30-13-11-29(12-14-30)15-19-21(31)32-20(27-19)18-8-3-6-16-5-1-2-7-17(16)18;/h1-10,15H,11-14H2,(H2,24,25,26,28);1H. The fraction of sp³-hybridized carbons (Fsp3) is 0.174. The summed E-state index contributed by atoms with van der Waals surface area (Å²) < 4.78 is 5.49. The Kier molecular flexibility index (Phi) is 6.50. The van der Waals surface area contributed by atoms with Crippen LogP contribution < -0.4 is 5.73 Å². The number of carbonyl (C=O) groups excluding carboxylic acids is 1. The minimum absolute atomic E-state index is 0. The zero-order valence-electron chi connectivity index (χ0n) is 17.7. The highest BCUT2D eigenvalue weighted by Gasteiger charge is 2.27. The summed E-state index contributed by atoms with van der Waals surface area (Å²) in [6.07, 6.45) is 5.00. The quantitative estimate of drug-likeness (QED) is 0.275. The first-order valence-corrected chi connectivity index (χ1v) is 10.3. The zero-order valence-corrected chi connectivity index (χ0v) is 18.5. The lowest BCUT2D eigenvalue weighted by Gasteiger charge is -2.34. The number of carbonyl (C=O) groups is 1. The zero-order chi connectivity index (χ0) is 21.9. The smallest absolute Gasteiger partial charge is 0.365 e. The van der Waals surface area contributed by atoms with Gasteiger partial charge in [-0.15, -0.1) is 12.4 Å². The first kappa shape index (κ1) is 22.2. The van der Waals surface area contributed by atoms with E-state index in [1.807, 2.05) is 52.3 Å². The van der Waals surface area contributed by atoms with Gasteiger partial charge in [-0.1, -0.05) is 36.4 Å². The molecular formula is C23H22ClN7O2.